The Labute approximate surface area is 210 Å². The summed E-state index contributed by atoms with van der Waals surface area (Å²) in [7, 11) is 3.96. The Kier molecular flexibility index (Phi) is 17.9. The lowest BCUT2D eigenvalue weighted by atomic mass is 9.96. The van der Waals surface area contributed by atoms with E-state index in [1.807, 2.05) is 7.05 Å². The van der Waals surface area contributed by atoms with E-state index in [4.69, 9.17) is 11.5 Å². The van der Waals surface area contributed by atoms with Crippen LogP contribution in [0.15, 0.2) is 0 Å². The number of halogens is 1. The predicted octanol–water partition coefficient (Wildman–Crippen LogP) is 2.89. The van der Waals surface area contributed by atoms with Crippen molar-refractivity contribution in [3.05, 3.63) is 0 Å². The van der Waals surface area contributed by atoms with Crippen molar-refractivity contribution in [3.8, 4) is 11.8 Å². The zero-order chi connectivity index (χ0) is 25.2. The van der Waals surface area contributed by atoms with Crippen molar-refractivity contribution in [2.75, 3.05) is 86.5 Å². The molecule has 0 spiro atoms. The molecular formula is C27H55FN6. The molecule has 2 aliphatic heterocycles. The maximum Gasteiger partial charge on any atom is 0.142 e. The van der Waals surface area contributed by atoms with Crippen LogP contribution in [0.4, 0.5) is 4.39 Å². The minimum Gasteiger partial charge on any atom is -0.330 e. The molecule has 0 atom stereocenters. The van der Waals surface area contributed by atoms with Gasteiger partial charge in [0.2, 0.25) is 0 Å². The molecule has 7 heteroatoms. The molecule has 200 valence electrons. The van der Waals surface area contributed by atoms with Gasteiger partial charge in [-0.15, -0.1) is 11.8 Å². The van der Waals surface area contributed by atoms with E-state index < -0.39 is 0 Å². The van der Waals surface area contributed by atoms with E-state index in [2.05, 4.69) is 47.4 Å². The van der Waals surface area contributed by atoms with Gasteiger partial charge in [0.05, 0.1) is 0 Å². The summed E-state index contributed by atoms with van der Waals surface area (Å²) in [5.41, 5.74) is 11.1. The van der Waals surface area contributed by atoms with Crippen molar-refractivity contribution in [2.45, 2.75) is 58.8 Å². The van der Waals surface area contributed by atoms with E-state index in [0.29, 0.717) is 18.5 Å². The maximum atomic E-state index is 12.4. The number of unbranched alkanes of at least 4 members (excludes halogenated alkanes) is 1. The summed E-state index contributed by atoms with van der Waals surface area (Å²) >= 11 is 0. The molecule has 2 fully saturated rings. The minimum absolute atomic E-state index is 0.328. The molecular weight excluding hydrogens is 427 g/mol. The number of rotatable bonds is 12. The summed E-state index contributed by atoms with van der Waals surface area (Å²) in [6.07, 6.45) is 8.44. The van der Waals surface area contributed by atoms with Gasteiger partial charge >= 0.3 is 0 Å². The molecule has 2 aliphatic rings. The standard InChI is InChI=1S/C15H27FN2.C12H28N4/c1-14(2)6-4-5-9-18-10-7-15(8-11-18)12-17(3)13-16;1-15(11-14)10-12-4-8-16(9-5-12)7-3-2-6-13/h14-15H,5,7-13H2,1-3H3;12H,2-11,13-14H2,1H3. The van der Waals surface area contributed by atoms with E-state index in [9.17, 15) is 4.39 Å². The number of hydrogen-bond acceptors (Lipinski definition) is 6. The fraction of sp³-hybridized carbons (Fsp3) is 0.926. The van der Waals surface area contributed by atoms with Crippen LogP contribution in [0.5, 0.6) is 0 Å². The smallest absolute Gasteiger partial charge is 0.142 e. The van der Waals surface area contributed by atoms with Gasteiger partial charge in [0.25, 0.3) is 0 Å². The average molecular weight is 483 g/mol. The maximum absolute atomic E-state index is 12.4. The van der Waals surface area contributed by atoms with Crippen molar-refractivity contribution in [1.82, 2.24) is 19.6 Å². The summed E-state index contributed by atoms with van der Waals surface area (Å²) in [6.45, 7) is 14.6. The Morgan fingerprint density at radius 1 is 0.853 bits per heavy atom. The van der Waals surface area contributed by atoms with Crippen LogP contribution in [0.1, 0.15) is 58.8 Å². The third-order valence-corrected chi connectivity index (χ3v) is 6.94. The van der Waals surface area contributed by atoms with Gasteiger partial charge in [0, 0.05) is 38.6 Å². The van der Waals surface area contributed by atoms with Gasteiger partial charge in [-0.1, -0.05) is 13.8 Å². The van der Waals surface area contributed by atoms with Gasteiger partial charge in [-0.3, -0.25) is 9.80 Å². The fourth-order valence-corrected chi connectivity index (χ4v) is 4.76. The topological polar surface area (TPSA) is 65.0 Å². The SMILES string of the molecule is CC(C)C#CCCN1CCC(CN(C)CF)CC1.CN(CN)CC1CCN(CCCCN)CC1. The zero-order valence-electron chi connectivity index (χ0n) is 22.8. The molecule has 0 aromatic heterocycles. The molecule has 2 heterocycles. The van der Waals surface area contributed by atoms with Crippen LogP contribution in [0.25, 0.3) is 0 Å². The van der Waals surface area contributed by atoms with Crippen molar-refractivity contribution >= 4 is 0 Å². The van der Waals surface area contributed by atoms with E-state index in [1.54, 1.807) is 4.90 Å². The van der Waals surface area contributed by atoms with Gasteiger partial charge in [-0.05, 0) is 104 Å². The van der Waals surface area contributed by atoms with E-state index in [0.717, 1.165) is 58.0 Å². The van der Waals surface area contributed by atoms with Gasteiger partial charge in [-0.2, -0.15) is 0 Å². The fourth-order valence-electron chi connectivity index (χ4n) is 4.76. The van der Waals surface area contributed by atoms with Gasteiger partial charge in [0.15, 0.2) is 0 Å². The van der Waals surface area contributed by atoms with Crippen molar-refractivity contribution in [2.24, 2.45) is 29.2 Å². The first-order valence-corrected chi connectivity index (χ1v) is 13.6. The van der Waals surface area contributed by atoms with Crippen molar-refractivity contribution in [1.29, 1.82) is 0 Å². The Hall–Kier alpha value is -0.750. The molecule has 0 aliphatic carbocycles. The van der Waals surface area contributed by atoms with Crippen LogP contribution < -0.4 is 11.5 Å². The van der Waals surface area contributed by atoms with Crippen LogP contribution in [-0.4, -0.2) is 106 Å². The molecule has 6 nitrogen and oxygen atoms in total. The first kappa shape index (κ1) is 31.3. The van der Waals surface area contributed by atoms with Crippen molar-refractivity contribution in [3.63, 3.8) is 0 Å². The molecule has 0 saturated carbocycles. The number of nitrogens with two attached hydrogens (primary N) is 2. The highest BCUT2D eigenvalue weighted by atomic mass is 19.1. The lowest BCUT2D eigenvalue weighted by Crippen LogP contribution is -2.39. The zero-order valence-corrected chi connectivity index (χ0v) is 22.8. The Balaban J connectivity index is 0.000000342. The van der Waals surface area contributed by atoms with Crippen LogP contribution in [-0.2, 0) is 0 Å². The number of piperidine rings is 2. The number of nitrogens with zero attached hydrogens (tertiary/aromatic N) is 4. The first-order valence-electron chi connectivity index (χ1n) is 13.6. The van der Waals surface area contributed by atoms with Gasteiger partial charge in [0.1, 0.15) is 6.80 Å². The second-order valence-electron chi connectivity index (χ2n) is 10.7. The molecule has 2 rings (SSSR count). The predicted molar refractivity (Wildman–Crippen MR) is 144 cm³/mol. The van der Waals surface area contributed by atoms with Gasteiger partial charge in [-0.25, -0.2) is 4.39 Å². The highest BCUT2D eigenvalue weighted by Gasteiger charge is 2.20. The van der Waals surface area contributed by atoms with Crippen LogP contribution >= 0.6 is 0 Å². The molecule has 4 N–H and O–H groups in total. The summed E-state index contributed by atoms with van der Waals surface area (Å²) < 4.78 is 12.4. The van der Waals surface area contributed by atoms with Crippen LogP contribution in [0.2, 0.25) is 0 Å². The monoisotopic (exact) mass is 482 g/mol. The first-order chi connectivity index (χ1) is 16.4. The van der Waals surface area contributed by atoms with Crippen LogP contribution in [0.3, 0.4) is 0 Å². The highest BCUT2D eigenvalue weighted by Crippen LogP contribution is 2.19. The molecule has 2 saturated heterocycles. The largest absolute Gasteiger partial charge is 0.330 e. The molecule has 0 aromatic carbocycles. The van der Waals surface area contributed by atoms with Crippen molar-refractivity contribution < 1.29 is 4.39 Å². The van der Waals surface area contributed by atoms with Gasteiger partial charge < -0.3 is 21.3 Å². The van der Waals surface area contributed by atoms with E-state index in [1.165, 1.54) is 51.7 Å². The van der Waals surface area contributed by atoms with E-state index >= 15 is 0 Å². The summed E-state index contributed by atoms with van der Waals surface area (Å²) in [4.78, 5) is 9.05. The lowest BCUT2D eigenvalue weighted by molar-refractivity contribution is 0.135. The number of alkyl halides is 1. The molecule has 0 bridgehead atoms. The Bertz CT molecular complexity index is 533. The van der Waals surface area contributed by atoms with E-state index in [-0.39, 0.29) is 6.80 Å². The third kappa shape index (κ3) is 15.3. The lowest BCUT2D eigenvalue weighted by Gasteiger charge is -2.33. The summed E-state index contributed by atoms with van der Waals surface area (Å²) in [6, 6.07) is 0. The molecule has 34 heavy (non-hydrogen) atoms. The summed E-state index contributed by atoms with van der Waals surface area (Å²) in [5, 5.41) is 0. The average Bonchev–Trinajstić information content (AvgIpc) is 2.84. The molecule has 0 aromatic rings. The molecule has 0 radical (unpaired) electrons. The van der Waals surface area contributed by atoms with Crippen LogP contribution in [0, 0.1) is 29.6 Å². The minimum atomic E-state index is -0.328. The molecule has 0 unspecified atom stereocenters. The third-order valence-electron chi connectivity index (χ3n) is 6.94. The summed E-state index contributed by atoms with van der Waals surface area (Å²) in [5.74, 6) is 8.43. The quantitative estimate of drug-likeness (QED) is 0.193. The normalized spacial score (nSPS) is 18.8. The Morgan fingerprint density at radius 2 is 1.38 bits per heavy atom. The Morgan fingerprint density at radius 3 is 1.85 bits per heavy atom. The second kappa shape index (κ2) is 19.4. The number of likely N-dealkylation sites (tertiary alicyclic amines) is 2. The molecule has 0 amide bonds. The second-order valence-corrected chi connectivity index (χ2v) is 10.7. The number of hydrogen-bond donors (Lipinski definition) is 2. The highest BCUT2D eigenvalue weighted by molar-refractivity contribution is 5.01.